The van der Waals surface area contributed by atoms with Crippen LogP contribution in [0.25, 0.3) is 0 Å². The molecule has 0 radical (unpaired) electrons. The van der Waals surface area contributed by atoms with E-state index in [9.17, 15) is 4.79 Å². The zero-order valence-corrected chi connectivity index (χ0v) is 12.4. The fourth-order valence-corrected chi connectivity index (χ4v) is 1.62. The number of carbonyl (C=O) groups excluding carboxylic acids is 1. The Kier molecular flexibility index (Phi) is 5.94. The first-order chi connectivity index (χ1) is 10.7. The van der Waals surface area contributed by atoms with Gasteiger partial charge < -0.3 is 10.1 Å². The molecule has 0 saturated carbocycles. The van der Waals surface area contributed by atoms with Gasteiger partial charge in [-0.05, 0) is 12.5 Å². The Morgan fingerprint density at radius 1 is 1.23 bits per heavy atom. The third-order valence-electron chi connectivity index (χ3n) is 2.75. The van der Waals surface area contributed by atoms with Crippen LogP contribution in [0.2, 0.25) is 0 Å². The van der Waals surface area contributed by atoms with E-state index < -0.39 is 6.09 Å². The largest absolute Gasteiger partial charge is 0.445 e. The van der Waals surface area contributed by atoms with Gasteiger partial charge in [0.25, 0.3) is 0 Å². The number of alkyl carbamates (subject to hydrolysis) is 1. The van der Waals surface area contributed by atoms with Crippen molar-refractivity contribution in [2.75, 3.05) is 6.54 Å². The van der Waals surface area contributed by atoms with Gasteiger partial charge in [0.05, 0.1) is 5.56 Å². The van der Waals surface area contributed by atoms with Crippen LogP contribution in [0.15, 0.2) is 42.7 Å². The Balaban J connectivity index is 1.64. The lowest BCUT2D eigenvalue weighted by atomic mass is 10.2. The standard InChI is InChI=1S/C17H17N3O2/c1-14-19-11-16(12-20-14)9-5-6-10-18-17(21)22-13-15-7-3-2-4-8-15/h2-4,7-8,11-12H,6,10,13H2,1H3,(H,18,21). The summed E-state index contributed by atoms with van der Waals surface area (Å²) in [4.78, 5) is 19.6. The second-order valence-electron chi connectivity index (χ2n) is 4.56. The summed E-state index contributed by atoms with van der Waals surface area (Å²) < 4.78 is 5.09. The molecule has 0 aliphatic rings. The van der Waals surface area contributed by atoms with E-state index in [-0.39, 0.29) is 6.61 Å². The second-order valence-corrected chi connectivity index (χ2v) is 4.56. The predicted octanol–water partition coefficient (Wildman–Crippen LogP) is 2.45. The Morgan fingerprint density at radius 3 is 2.68 bits per heavy atom. The van der Waals surface area contributed by atoms with E-state index in [4.69, 9.17) is 4.74 Å². The van der Waals surface area contributed by atoms with Gasteiger partial charge in [-0.3, -0.25) is 0 Å². The zero-order valence-electron chi connectivity index (χ0n) is 12.4. The van der Waals surface area contributed by atoms with Gasteiger partial charge in [-0.15, -0.1) is 0 Å². The summed E-state index contributed by atoms with van der Waals surface area (Å²) in [6.07, 6.45) is 3.45. The first-order valence-corrected chi connectivity index (χ1v) is 6.96. The first-order valence-electron chi connectivity index (χ1n) is 6.96. The average Bonchev–Trinajstić information content (AvgIpc) is 2.55. The van der Waals surface area contributed by atoms with Crippen molar-refractivity contribution in [2.24, 2.45) is 0 Å². The topological polar surface area (TPSA) is 64.1 Å². The summed E-state index contributed by atoms with van der Waals surface area (Å²) in [5.41, 5.74) is 1.72. The van der Waals surface area contributed by atoms with Gasteiger partial charge in [0.2, 0.25) is 0 Å². The summed E-state index contributed by atoms with van der Waals surface area (Å²) in [7, 11) is 0. The smallest absolute Gasteiger partial charge is 0.407 e. The molecule has 0 fully saturated rings. The SMILES string of the molecule is Cc1ncc(C#CCCNC(=O)OCc2ccccc2)cn1. The number of rotatable bonds is 4. The van der Waals surface area contributed by atoms with E-state index in [1.807, 2.05) is 37.3 Å². The maximum absolute atomic E-state index is 11.5. The Morgan fingerprint density at radius 2 is 1.95 bits per heavy atom. The fraction of sp³-hybridized carbons (Fsp3) is 0.235. The summed E-state index contributed by atoms with van der Waals surface area (Å²) in [5, 5.41) is 2.65. The molecule has 1 heterocycles. The lowest BCUT2D eigenvalue weighted by Gasteiger charge is -2.05. The van der Waals surface area contributed by atoms with Crippen molar-refractivity contribution in [3.8, 4) is 11.8 Å². The number of carbonyl (C=O) groups is 1. The molecule has 1 N–H and O–H groups in total. The summed E-state index contributed by atoms with van der Waals surface area (Å²) in [6, 6.07) is 9.54. The van der Waals surface area contributed by atoms with E-state index in [1.54, 1.807) is 12.4 Å². The van der Waals surface area contributed by atoms with Crippen LogP contribution < -0.4 is 5.32 Å². The minimum absolute atomic E-state index is 0.263. The predicted molar refractivity (Wildman–Crippen MR) is 82.9 cm³/mol. The first kappa shape index (κ1) is 15.5. The number of ether oxygens (including phenoxy) is 1. The van der Waals surface area contributed by atoms with Crippen LogP contribution in [0.3, 0.4) is 0 Å². The number of aryl methyl sites for hydroxylation is 1. The minimum atomic E-state index is -0.440. The molecule has 0 bridgehead atoms. The van der Waals surface area contributed by atoms with Crippen LogP contribution in [-0.4, -0.2) is 22.6 Å². The van der Waals surface area contributed by atoms with E-state index in [1.165, 1.54) is 0 Å². The van der Waals surface area contributed by atoms with E-state index >= 15 is 0 Å². The number of hydrogen-bond donors (Lipinski definition) is 1. The van der Waals surface area contributed by atoms with Gasteiger partial charge in [0.1, 0.15) is 12.4 Å². The molecular weight excluding hydrogens is 278 g/mol. The van der Waals surface area contributed by atoms with Crippen molar-refractivity contribution in [3.05, 3.63) is 59.7 Å². The molecule has 0 atom stereocenters. The molecule has 1 aromatic carbocycles. The average molecular weight is 295 g/mol. The Labute approximate surface area is 129 Å². The van der Waals surface area contributed by atoms with E-state index in [0.717, 1.165) is 11.1 Å². The molecule has 0 saturated heterocycles. The zero-order chi connectivity index (χ0) is 15.6. The molecule has 2 rings (SSSR count). The molecule has 5 heteroatoms. The maximum atomic E-state index is 11.5. The molecule has 1 aromatic heterocycles. The highest BCUT2D eigenvalue weighted by Gasteiger charge is 2.00. The van der Waals surface area contributed by atoms with Crippen LogP contribution in [-0.2, 0) is 11.3 Å². The van der Waals surface area contributed by atoms with E-state index in [0.29, 0.717) is 18.8 Å². The highest BCUT2D eigenvalue weighted by molar-refractivity contribution is 5.67. The van der Waals surface area contributed by atoms with Gasteiger partial charge in [-0.2, -0.15) is 0 Å². The molecule has 112 valence electrons. The van der Waals surface area contributed by atoms with Crippen molar-refractivity contribution in [1.82, 2.24) is 15.3 Å². The number of hydrogen-bond acceptors (Lipinski definition) is 4. The van der Waals surface area contributed by atoms with Crippen molar-refractivity contribution in [3.63, 3.8) is 0 Å². The highest BCUT2D eigenvalue weighted by atomic mass is 16.5. The number of nitrogens with one attached hydrogen (secondary N) is 1. The molecule has 0 aliphatic carbocycles. The Hall–Kier alpha value is -2.87. The third-order valence-corrected chi connectivity index (χ3v) is 2.75. The molecule has 0 unspecified atom stereocenters. The fourth-order valence-electron chi connectivity index (χ4n) is 1.62. The number of nitrogens with zero attached hydrogens (tertiary/aromatic N) is 2. The van der Waals surface area contributed by atoms with Gasteiger partial charge in [0.15, 0.2) is 0 Å². The normalized spacial score (nSPS) is 9.50. The molecule has 1 amide bonds. The van der Waals surface area contributed by atoms with Crippen LogP contribution in [0.5, 0.6) is 0 Å². The number of benzene rings is 1. The summed E-state index contributed by atoms with van der Waals surface area (Å²) >= 11 is 0. The molecule has 2 aromatic rings. The molecule has 0 spiro atoms. The summed E-state index contributed by atoms with van der Waals surface area (Å²) in [6.45, 7) is 2.52. The second kappa shape index (κ2) is 8.42. The van der Waals surface area contributed by atoms with Gasteiger partial charge in [-0.25, -0.2) is 14.8 Å². The minimum Gasteiger partial charge on any atom is -0.445 e. The van der Waals surface area contributed by atoms with Crippen molar-refractivity contribution >= 4 is 6.09 Å². The van der Waals surface area contributed by atoms with Crippen LogP contribution in [0.4, 0.5) is 4.79 Å². The Bertz CT molecular complexity index is 658. The van der Waals surface area contributed by atoms with Crippen LogP contribution >= 0.6 is 0 Å². The van der Waals surface area contributed by atoms with Gasteiger partial charge >= 0.3 is 6.09 Å². The van der Waals surface area contributed by atoms with Crippen molar-refractivity contribution in [2.45, 2.75) is 20.0 Å². The van der Waals surface area contributed by atoms with Crippen molar-refractivity contribution < 1.29 is 9.53 Å². The van der Waals surface area contributed by atoms with Gasteiger partial charge in [0, 0.05) is 25.4 Å². The van der Waals surface area contributed by atoms with Gasteiger partial charge in [-0.1, -0.05) is 42.2 Å². The molecule has 0 aliphatic heterocycles. The summed E-state index contributed by atoms with van der Waals surface area (Å²) in [5.74, 6) is 6.60. The number of amides is 1. The molecular formula is C17H17N3O2. The number of aromatic nitrogens is 2. The van der Waals surface area contributed by atoms with E-state index in [2.05, 4.69) is 27.1 Å². The quantitative estimate of drug-likeness (QED) is 0.695. The van der Waals surface area contributed by atoms with Crippen LogP contribution in [0.1, 0.15) is 23.4 Å². The van der Waals surface area contributed by atoms with Crippen molar-refractivity contribution in [1.29, 1.82) is 0 Å². The molecule has 5 nitrogen and oxygen atoms in total. The lowest BCUT2D eigenvalue weighted by molar-refractivity contribution is 0.140. The molecule has 22 heavy (non-hydrogen) atoms. The lowest BCUT2D eigenvalue weighted by Crippen LogP contribution is -2.24. The monoisotopic (exact) mass is 295 g/mol. The van der Waals surface area contributed by atoms with Crippen LogP contribution in [0, 0.1) is 18.8 Å². The third kappa shape index (κ3) is 5.63. The maximum Gasteiger partial charge on any atom is 0.407 e. The highest BCUT2D eigenvalue weighted by Crippen LogP contribution is 2.00.